The molecular weight excluding hydrogens is 289 g/mol. The van der Waals surface area contributed by atoms with Crippen molar-refractivity contribution in [3.8, 4) is 5.75 Å². The summed E-state index contributed by atoms with van der Waals surface area (Å²) >= 11 is 6.10. The molecule has 0 aliphatic carbocycles. The fourth-order valence-corrected chi connectivity index (χ4v) is 2.50. The normalized spacial score (nSPS) is 12.2. The molecule has 0 aliphatic heterocycles. The topological polar surface area (TPSA) is 21.3 Å². The van der Waals surface area contributed by atoms with Crippen LogP contribution in [0.15, 0.2) is 42.5 Å². The van der Waals surface area contributed by atoms with Gasteiger partial charge in [-0.05, 0) is 37.2 Å². The Morgan fingerprint density at radius 3 is 2.62 bits per heavy atom. The molecule has 4 heteroatoms. The van der Waals surface area contributed by atoms with Gasteiger partial charge in [-0.1, -0.05) is 36.7 Å². The highest BCUT2D eigenvalue weighted by Gasteiger charge is 2.20. The first-order valence-corrected chi connectivity index (χ1v) is 7.36. The SMILES string of the molecule is CCCNC(c1ccccc1F)c1cc(Cl)ccc1OC. The minimum atomic E-state index is -0.292. The molecule has 0 bridgehead atoms. The van der Waals surface area contributed by atoms with Gasteiger partial charge < -0.3 is 10.1 Å². The van der Waals surface area contributed by atoms with Crippen LogP contribution in [0.5, 0.6) is 5.75 Å². The van der Waals surface area contributed by atoms with Crippen LogP contribution in [0.4, 0.5) is 4.39 Å². The van der Waals surface area contributed by atoms with Gasteiger partial charge in [-0.15, -0.1) is 0 Å². The number of nitrogens with one attached hydrogen (secondary N) is 1. The predicted molar refractivity (Wildman–Crippen MR) is 84.5 cm³/mol. The summed E-state index contributed by atoms with van der Waals surface area (Å²) in [5, 5.41) is 3.97. The first-order valence-electron chi connectivity index (χ1n) is 6.98. The van der Waals surface area contributed by atoms with E-state index in [0.29, 0.717) is 16.3 Å². The third kappa shape index (κ3) is 3.74. The third-order valence-electron chi connectivity index (χ3n) is 3.32. The zero-order valence-electron chi connectivity index (χ0n) is 12.2. The largest absolute Gasteiger partial charge is 0.496 e. The number of benzene rings is 2. The molecule has 0 saturated carbocycles. The molecule has 0 amide bonds. The molecule has 0 heterocycles. The van der Waals surface area contributed by atoms with Crippen molar-refractivity contribution in [1.29, 1.82) is 0 Å². The lowest BCUT2D eigenvalue weighted by atomic mass is 9.97. The zero-order chi connectivity index (χ0) is 15.2. The number of ether oxygens (including phenoxy) is 1. The van der Waals surface area contributed by atoms with Gasteiger partial charge in [0.2, 0.25) is 0 Å². The Kier molecular flexibility index (Phi) is 5.59. The van der Waals surface area contributed by atoms with E-state index in [0.717, 1.165) is 18.5 Å². The molecule has 2 aromatic rings. The molecule has 1 atom stereocenters. The summed E-state index contributed by atoms with van der Waals surface area (Å²) in [5.41, 5.74) is 1.43. The van der Waals surface area contributed by atoms with Crippen molar-refractivity contribution < 1.29 is 9.13 Å². The van der Waals surface area contributed by atoms with Gasteiger partial charge in [0.15, 0.2) is 0 Å². The van der Waals surface area contributed by atoms with Crippen molar-refractivity contribution in [2.45, 2.75) is 19.4 Å². The Bertz CT molecular complexity index is 603. The number of hydrogen-bond acceptors (Lipinski definition) is 2. The smallest absolute Gasteiger partial charge is 0.128 e. The van der Waals surface area contributed by atoms with Gasteiger partial charge in [0.1, 0.15) is 11.6 Å². The van der Waals surface area contributed by atoms with Crippen LogP contribution in [0.25, 0.3) is 0 Å². The van der Waals surface area contributed by atoms with E-state index >= 15 is 0 Å². The second-order valence-corrected chi connectivity index (χ2v) is 5.23. The van der Waals surface area contributed by atoms with Crippen LogP contribution in [-0.2, 0) is 0 Å². The number of methoxy groups -OCH3 is 1. The molecule has 0 spiro atoms. The molecule has 0 fully saturated rings. The lowest BCUT2D eigenvalue weighted by Crippen LogP contribution is -2.24. The summed E-state index contributed by atoms with van der Waals surface area (Å²) in [4.78, 5) is 0. The van der Waals surface area contributed by atoms with Gasteiger partial charge in [0.05, 0.1) is 13.2 Å². The van der Waals surface area contributed by atoms with Crippen molar-refractivity contribution in [3.63, 3.8) is 0 Å². The summed E-state index contributed by atoms with van der Waals surface area (Å²) in [6, 6.07) is 11.9. The van der Waals surface area contributed by atoms with Crippen molar-refractivity contribution in [3.05, 3.63) is 64.4 Å². The molecule has 112 valence electrons. The standard InChI is InChI=1S/C17H19ClFNO/c1-3-10-20-17(13-6-4-5-7-15(13)19)14-11-12(18)8-9-16(14)21-2/h4-9,11,17,20H,3,10H2,1-2H3. The Labute approximate surface area is 129 Å². The lowest BCUT2D eigenvalue weighted by molar-refractivity contribution is 0.402. The van der Waals surface area contributed by atoms with Gasteiger partial charge in [0.25, 0.3) is 0 Å². The maximum atomic E-state index is 14.2. The average Bonchev–Trinajstić information content (AvgIpc) is 2.49. The van der Waals surface area contributed by atoms with Crippen LogP contribution in [0.1, 0.15) is 30.5 Å². The molecule has 0 aliphatic rings. The van der Waals surface area contributed by atoms with Crippen LogP contribution >= 0.6 is 11.6 Å². The minimum absolute atomic E-state index is 0.242. The first-order chi connectivity index (χ1) is 10.2. The molecule has 0 radical (unpaired) electrons. The van der Waals surface area contributed by atoms with Gasteiger partial charge in [0, 0.05) is 16.1 Å². The van der Waals surface area contributed by atoms with Gasteiger partial charge in [-0.25, -0.2) is 4.39 Å². The van der Waals surface area contributed by atoms with E-state index < -0.39 is 0 Å². The number of halogens is 2. The van der Waals surface area contributed by atoms with Gasteiger partial charge in [-0.2, -0.15) is 0 Å². The van der Waals surface area contributed by atoms with Crippen molar-refractivity contribution in [2.75, 3.05) is 13.7 Å². The average molecular weight is 308 g/mol. The van der Waals surface area contributed by atoms with Crippen LogP contribution in [0.2, 0.25) is 5.02 Å². The van der Waals surface area contributed by atoms with Crippen LogP contribution in [-0.4, -0.2) is 13.7 Å². The fourth-order valence-electron chi connectivity index (χ4n) is 2.32. The first kappa shape index (κ1) is 15.8. The summed E-state index contributed by atoms with van der Waals surface area (Å²) in [6.07, 6.45) is 0.952. The Morgan fingerprint density at radius 1 is 1.19 bits per heavy atom. The molecule has 1 N–H and O–H groups in total. The fraction of sp³-hybridized carbons (Fsp3) is 0.294. The highest BCUT2D eigenvalue weighted by atomic mass is 35.5. The molecule has 0 aromatic heterocycles. The maximum absolute atomic E-state index is 14.2. The van der Waals surface area contributed by atoms with Crippen LogP contribution in [0, 0.1) is 5.82 Å². The monoisotopic (exact) mass is 307 g/mol. The van der Waals surface area contributed by atoms with Crippen LogP contribution in [0.3, 0.4) is 0 Å². The van der Waals surface area contributed by atoms with Crippen molar-refractivity contribution >= 4 is 11.6 Å². The van der Waals surface area contributed by atoms with Gasteiger partial charge >= 0.3 is 0 Å². The van der Waals surface area contributed by atoms with Crippen LogP contribution < -0.4 is 10.1 Å². The molecule has 2 nitrogen and oxygen atoms in total. The highest BCUT2D eigenvalue weighted by molar-refractivity contribution is 6.30. The predicted octanol–water partition coefficient (Wildman–Crippen LogP) is 4.58. The van der Waals surface area contributed by atoms with E-state index in [-0.39, 0.29) is 11.9 Å². The Balaban J connectivity index is 2.50. The second kappa shape index (κ2) is 7.43. The number of hydrogen-bond donors (Lipinski definition) is 1. The third-order valence-corrected chi connectivity index (χ3v) is 3.55. The summed E-state index contributed by atoms with van der Waals surface area (Å²) in [6.45, 7) is 2.84. The minimum Gasteiger partial charge on any atom is -0.496 e. The second-order valence-electron chi connectivity index (χ2n) is 4.79. The Hall–Kier alpha value is -1.58. The van der Waals surface area contributed by atoms with E-state index in [1.807, 2.05) is 12.1 Å². The molecule has 2 aromatic carbocycles. The summed E-state index contributed by atoms with van der Waals surface area (Å²) < 4.78 is 19.6. The molecule has 21 heavy (non-hydrogen) atoms. The molecule has 0 saturated heterocycles. The van der Waals surface area contributed by atoms with Gasteiger partial charge in [-0.3, -0.25) is 0 Å². The van der Waals surface area contributed by atoms with E-state index in [1.165, 1.54) is 6.07 Å². The lowest BCUT2D eigenvalue weighted by Gasteiger charge is -2.22. The maximum Gasteiger partial charge on any atom is 0.128 e. The van der Waals surface area contributed by atoms with E-state index in [2.05, 4.69) is 12.2 Å². The molecule has 2 rings (SSSR count). The molecular formula is C17H19ClFNO. The van der Waals surface area contributed by atoms with Crippen molar-refractivity contribution in [1.82, 2.24) is 5.32 Å². The highest BCUT2D eigenvalue weighted by Crippen LogP contribution is 2.33. The summed E-state index contributed by atoms with van der Waals surface area (Å²) in [5.74, 6) is 0.449. The van der Waals surface area contributed by atoms with E-state index in [1.54, 1.807) is 31.4 Å². The van der Waals surface area contributed by atoms with E-state index in [9.17, 15) is 4.39 Å². The molecule has 1 unspecified atom stereocenters. The number of rotatable bonds is 6. The Morgan fingerprint density at radius 2 is 1.95 bits per heavy atom. The quantitative estimate of drug-likeness (QED) is 0.843. The zero-order valence-corrected chi connectivity index (χ0v) is 13.0. The van der Waals surface area contributed by atoms with Crippen molar-refractivity contribution in [2.24, 2.45) is 0 Å². The van der Waals surface area contributed by atoms with E-state index in [4.69, 9.17) is 16.3 Å². The summed E-state index contributed by atoms with van der Waals surface area (Å²) in [7, 11) is 1.60.